The highest BCUT2D eigenvalue weighted by molar-refractivity contribution is 9.10. The van der Waals surface area contributed by atoms with Gasteiger partial charge >= 0.3 is 6.03 Å². The smallest absolute Gasteiger partial charge is 0.335 e. The molecule has 0 bridgehead atoms. The molecule has 3 heterocycles. The number of hydrogen-bond donors (Lipinski definition) is 1. The number of nitrogens with zero attached hydrogens (tertiary/aromatic N) is 2. The molecule has 4 rings (SSSR count). The minimum Gasteiger partial charge on any atom is -0.440 e. The highest BCUT2D eigenvalue weighted by atomic mass is 79.9. The molecule has 2 aromatic rings. The molecule has 1 aromatic carbocycles. The largest absolute Gasteiger partial charge is 0.440 e. The van der Waals surface area contributed by atoms with Crippen LogP contribution in [0.1, 0.15) is 5.76 Å². The Bertz CT molecular complexity index is 963. The average molecular weight is 446 g/mol. The third kappa shape index (κ3) is 3.46. The third-order valence-electron chi connectivity index (χ3n) is 4.39. The molecule has 1 aromatic heterocycles. The number of rotatable bonds is 3. The Kier molecular flexibility index (Phi) is 5.01. The second-order valence-electron chi connectivity index (χ2n) is 6.19. The first-order valence-corrected chi connectivity index (χ1v) is 9.42. The molecule has 0 aliphatic carbocycles. The molecule has 2 saturated heterocycles. The van der Waals surface area contributed by atoms with Gasteiger partial charge < -0.3 is 14.1 Å². The molecule has 0 radical (unpaired) electrons. The maximum absolute atomic E-state index is 12.8. The first-order valence-electron chi connectivity index (χ1n) is 8.63. The van der Waals surface area contributed by atoms with Crippen LogP contribution in [-0.2, 0) is 14.3 Å². The summed E-state index contributed by atoms with van der Waals surface area (Å²) >= 11 is 3.45. The maximum atomic E-state index is 12.8. The predicted molar refractivity (Wildman–Crippen MR) is 105 cm³/mol. The molecule has 28 heavy (non-hydrogen) atoms. The van der Waals surface area contributed by atoms with Crippen LogP contribution in [0.5, 0.6) is 0 Å². The summed E-state index contributed by atoms with van der Waals surface area (Å²) in [5, 5.41) is 2.19. The molecule has 2 aliphatic rings. The topological polar surface area (TPSA) is 92.1 Å². The van der Waals surface area contributed by atoms with Gasteiger partial charge in [-0.2, -0.15) is 0 Å². The van der Waals surface area contributed by atoms with Crippen LogP contribution in [0.15, 0.2) is 50.9 Å². The zero-order valence-corrected chi connectivity index (χ0v) is 16.3. The van der Waals surface area contributed by atoms with Gasteiger partial charge in [0, 0.05) is 19.2 Å². The lowest BCUT2D eigenvalue weighted by Gasteiger charge is -2.26. The molecule has 0 spiro atoms. The lowest BCUT2D eigenvalue weighted by Crippen LogP contribution is -2.54. The quantitative estimate of drug-likeness (QED) is 0.576. The molecular formula is C19H16BrN3O5. The van der Waals surface area contributed by atoms with Crippen LogP contribution < -0.4 is 15.1 Å². The van der Waals surface area contributed by atoms with Gasteiger partial charge in [0.25, 0.3) is 11.8 Å². The van der Waals surface area contributed by atoms with Crippen molar-refractivity contribution in [3.8, 4) is 0 Å². The molecule has 2 fully saturated rings. The highest BCUT2D eigenvalue weighted by Crippen LogP contribution is 2.32. The number of carbonyl (C=O) groups excluding carboxylic acids is 3. The summed E-state index contributed by atoms with van der Waals surface area (Å²) in [4.78, 5) is 40.2. The number of anilines is 2. The zero-order valence-electron chi connectivity index (χ0n) is 14.7. The van der Waals surface area contributed by atoms with Crippen molar-refractivity contribution in [3.63, 3.8) is 0 Å². The Morgan fingerprint density at radius 3 is 2.50 bits per heavy atom. The van der Waals surface area contributed by atoms with E-state index in [9.17, 15) is 14.4 Å². The van der Waals surface area contributed by atoms with Crippen molar-refractivity contribution in [1.29, 1.82) is 0 Å². The second kappa shape index (κ2) is 7.61. The van der Waals surface area contributed by atoms with Crippen molar-refractivity contribution >= 4 is 51.4 Å². The monoisotopic (exact) mass is 445 g/mol. The van der Waals surface area contributed by atoms with E-state index in [1.807, 2.05) is 4.90 Å². The van der Waals surface area contributed by atoms with Crippen molar-refractivity contribution in [2.75, 3.05) is 36.1 Å². The fourth-order valence-corrected chi connectivity index (χ4v) is 3.60. The van der Waals surface area contributed by atoms with Crippen LogP contribution in [0, 0.1) is 0 Å². The molecule has 9 heteroatoms. The Morgan fingerprint density at radius 2 is 1.79 bits per heavy atom. The number of hydrogen-bond acceptors (Lipinski definition) is 6. The fourth-order valence-electron chi connectivity index (χ4n) is 3.04. The number of benzene rings is 1. The van der Waals surface area contributed by atoms with Gasteiger partial charge in [0.15, 0.2) is 0 Å². The number of furan rings is 1. The number of morpholine rings is 1. The van der Waals surface area contributed by atoms with Crippen LogP contribution in [0.25, 0.3) is 6.08 Å². The van der Waals surface area contributed by atoms with Crippen molar-refractivity contribution in [1.82, 2.24) is 5.32 Å². The summed E-state index contributed by atoms with van der Waals surface area (Å²) in [5.74, 6) is -0.535. The normalized spacial score (nSPS) is 19.3. The van der Waals surface area contributed by atoms with Crippen LogP contribution in [0.3, 0.4) is 0 Å². The van der Waals surface area contributed by atoms with E-state index in [2.05, 4.69) is 21.2 Å². The first-order chi connectivity index (χ1) is 13.5. The second-order valence-corrected chi connectivity index (χ2v) is 7.05. The molecule has 1 N–H and O–H groups in total. The van der Waals surface area contributed by atoms with Crippen LogP contribution >= 0.6 is 15.9 Å². The summed E-state index contributed by atoms with van der Waals surface area (Å²) in [6.45, 7) is 2.55. The molecule has 0 saturated carbocycles. The Labute approximate surface area is 168 Å². The summed E-state index contributed by atoms with van der Waals surface area (Å²) in [6, 6.07) is 9.30. The van der Waals surface area contributed by atoms with E-state index in [1.54, 1.807) is 36.4 Å². The minimum absolute atomic E-state index is 0.182. The molecule has 8 nitrogen and oxygen atoms in total. The number of urea groups is 1. The standard InChI is InChI=1S/C19H16BrN3O5/c20-15-11-13(28-18(15)22-6-8-27-9-7-22)10-14-16(24)21-19(26)23(17(14)25)12-4-2-1-3-5-12/h1-5,10-11H,6-9H2,(H,21,24,26). The summed E-state index contributed by atoms with van der Waals surface area (Å²) in [5.41, 5.74) is 0.191. The van der Waals surface area contributed by atoms with Crippen molar-refractivity contribution in [2.24, 2.45) is 0 Å². The molecule has 2 aliphatic heterocycles. The van der Waals surface area contributed by atoms with E-state index < -0.39 is 17.8 Å². The molecule has 0 unspecified atom stereocenters. The SMILES string of the molecule is O=C1NC(=O)N(c2ccccc2)C(=O)C1=Cc1cc(Br)c(N2CCOCC2)o1. The van der Waals surface area contributed by atoms with Gasteiger partial charge in [-0.25, -0.2) is 9.69 Å². The Balaban J connectivity index is 1.65. The van der Waals surface area contributed by atoms with E-state index in [4.69, 9.17) is 9.15 Å². The number of nitrogens with one attached hydrogen (secondary N) is 1. The van der Waals surface area contributed by atoms with E-state index in [-0.39, 0.29) is 5.57 Å². The van der Waals surface area contributed by atoms with Crippen LogP contribution in [0.2, 0.25) is 0 Å². The lowest BCUT2D eigenvalue weighted by atomic mass is 10.1. The van der Waals surface area contributed by atoms with E-state index in [0.717, 1.165) is 4.90 Å². The zero-order chi connectivity index (χ0) is 19.7. The van der Waals surface area contributed by atoms with E-state index >= 15 is 0 Å². The first kappa shape index (κ1) is 18.5. The highest BCUT2D eigenvalue weighted by Gasteiger charge is 2.37. The third-order valence-corrected chi connectivity index (χ3v) is 4.96. The number of barbiturate groups is 1. The van der Waals surface area contributed by atoms with Crippen molar-refractivity contribution in [2.45, 2.75) is 0 Å². The molecule has 144 valence electrons. The number of imide groups is 2. The minimum atomic E-state index is -0.784. The predicted octanol–water partition coefficient (Wildman–Crippen LogP) is 2.55. The van der Waals surface area contributed by atoms with Crippen molar-refractivity contribution in [3.05, 3.63) is 52.2 Å². The summed E-state index contributed by atoms with van der Waals surface area (Å²) in [7, 11) is 0. The summed E-state index contributed by atoms with van der Waals surface area (Å²) < 4.78 is 11.9. The van der Waals surface area contributed by atoms with E-state index in [0.29, 0.717) is 48.1 Å². The lowest BCUT2D eigenvalue weighted by molar-refractivity contribution is -0.122. The fraction of sp³-hybridized carbons (Fsp3) is 0.211. The van der Waals surface area contributed by atoms with Crippen LogP contribution in [-0.4, -0.2) is 44.1 Å². The summed E-state index contributed by atoms with van der Waals surface area (Å²) in [6.07, 6.45) is 1.34. The molecular weight excluding hydrogens is 430 g/mol. The van der Waals surface area contributed by atoms with Gasteiger partial charge in [-0.05, 0) is 34.1 Å². The van der Waals surface area contributed by atoms with Gasteiger partial charge in [-0.3, -0.25) is 14.9 Å². The molecule has 0 atom stereocenters. The van der Waals surface area contributed by atoms with Gasteiger partial charge in [-0.15, -0.1) is 0 Å². The van der Waals surface area contributed by atoms with Gasteiger partial charge in [0.05, 0.1) is 23.4 Å². The Morgan fingerprint density at radius 1 is 1.07 bits per heavy atom. The Hall–Kier alpha value is -2.91. The maximum Gasteiger partial charge on any atom is 0.335 e. The van der Waals surface area contributed by atoms with Gasteiger partial charge in [0.2, 0.25) is 5.88 Å². The number of carbonyl (C=O) groups is 3. The number of halogens is 1. The van der Waals surface area contributed by atoms with E-state index in [1.165, 1.54) is 6.08 Å². The number of para-hydroxylation sites is 1. The van der Waals surface area contributed by atoms with Gasteiger partial charge in [0.1, 0.15) is 11.3 Å². The number of ether oxygens (including phenoxy) is 1. The molecule has 4 amide bonds. The number of amides is 4. The average Bonchev–Trinajstić information content (AvgIpc) is 3.07. The van der Waals surface area contributed by atoms with Gasteiger partial charge in [-0.1, -0.05) is 18.2 Å². The van der Waals surface area contributed by atoms with Crippen LogP contribution in [0.4, 0.5) is 16.4 Å². The van der Waals surface area contributed by atoms with Crippen molar-refractivity contribution < 1.29 is 23.5 Å².